The van der Waals surface area contributed by atoms with E-state index in [9.17, 15) is 0 Å². The number of nitrogens with one attached hydrogen (secondary N) is 1. The molecule has 1 heterocycles. The van der Waals surface area contributed by atoms with Crippen LogP contribution in [0, 0.1) is 0 Å². The van der Waals surface area contributed by atoms with Crippen LogP contribution in [0.4, 0.5) is 0 Å². The van der Waals surface area contributed by atoms with Crippen molar-refractivity contribution in [3.05, 3.63) is 64.5 Å². The first-order valence-corrected chi connectivity index (χ1v) is 7.56. The average Bonchev–Trinajstić information content (AvgIpc) is 2.59. The molecule has 0 saturated heterocycles. The second kappa shape index (κ2) is 7.07. The van der Waals surface area contributed by atoms with Gasteiger partial charge in [0.15, 0.2) is 0 Å². The normalized spacial score (nSPS) is 12.2. The number of aromatic nitrogens is 1. The number of nitrogens with zero attached hydrogens (tertiary/aromatic N) is 4. The van der Waals surface area contributed by atoms with Crippen LogP contribution in [0.15, 0.2) is 53.6 Å². The zero-order valence-electron chi connectivity index (χ0n) is 12.7. The van der Waals surface area contributed by atoms with E-state index in [4.69, 9.17) is 16.2 Å². The molecular formula is C17H18N6. The minimum Gasteiger partial charge on any atom is -0.323 e. The number of rotatable bonds is 6. The lowest BCUT2D eigenvalue weighted by atomic mass is 9.97. The van der Waals surface area contributed by atoms with Gasteiger partial charge in [0.1, 0.15) is 0 Å². The average molecular weight is 306 g/mol. The van der Waals surface area contributed by atoms with Crippen LogP contribution >= 0.6 is 0 Å². The first kappa shape index (κ1) is 15.2. The summed E-state index contributed by atoms with van der Waals surface area (Å²) in [7, 11) is 0. The summed E-state index contributed by atoms with van der Waals surface area (Å²) in [5.41, 5.74) is 17.7. The van der Waals surface area contributed by atoms with Gasteiger partial charge in [-0.25, -0.2) is 4.98 Å². The van der Waals surface area contributed by atoms with Gasteiger partial charge in [-0.3, -0.25) is 0 Å². The van der Waals surface area contributed by atoms with E-state index >= 15 is 0 Å². The molecule has 0 radical (unpaired) electrons. The molecule has 0 aliphatic rings. The number of para-hydroxylation sites is 2. The van der Waals surface area contributed by atoms with Crippen molar-refractivity contribution >= 4 is 21.8 Å². The Hall–Kier alpha value is -2.66. The maximum absolute atomic E-state index is 8.29. The molecule has 2 aromatic carbocycles. The first-order valence-electron chi connectivity index (χ1n) is 7.56. The lowest BCUT2D eigenvalue weighted by molar-refractivity contribution is 0.608. The fraction of sp³-hybridized carbons (Fsp3) is 0.235. The van der Waals surface area contributed by atoms with Crippen LogP contribution in [0.2, 0.25) is 0 Å². The zero-order chi connectivity index (χ0) is 16.1. The summed E-state index contributed by atoms with van der Waals surface area (Å²) >= 11 is 0. The summed E-state index contributed by atoms with van der Waals surface area (Å²) in [6, 6.07) is 15.9. The largest absolute Gasteiger partial charge is 0.323 e. The molecule has 3 rings (SSSR count). The van der Waals surface area contributed by atoms with Gasteiger partial charge >= 0.3 is 0 Å². The van der Waals surface area contributed by atoms with Crippen LogP contribution in [-0.4, -0.2) is 24.6 Å². The lowest BCUT2D eigenvalue weighted by Crippen LogP contribution is -2.29. The third kappa shape index (κ3) is 3.24. The Morgan fingerprint density at radius 1 is 1.09 bits per heavy atom. The molecule has 1 unspecified atom stereocenters. The van der Waals surface area contributed by atoms with Crippen LogP contribution in [0.5, 0.6) is 0 Å². The molecule has 6 heteroatoms. The van der Waals surface area contributed by atoms with E-state index in [0.29, 0.717) is 19.6 Å². The molecule has 0 aliphatic carbocycles. The van der Waals surface area contributed by atoms with Crippen molar-refractivity contribution in [2.24, 2.45) is 10.8 Å². The first-order chi connectivity index (χ1) is 11.3. The molecular weight excluding hydrogens is 288 g/mol. The molecule has 0 bridgehead atoms. The Morgan fingerprint density at radius 2 is 1.70 bits per heavy atom. The van der Waals surface area contributed by atoms with Crippen molar-refractivity contribution in [1.82, 2.24) is 10.3 Å². The van der Waals surface area contributed by atoms with Crippen LogP contribution in [0.1, 0.15) is 11.6 Å². The monoisotopic (exact) mass is 306 g/mol. The van der Waals surface area contributed by atoms with Crippen molar-refractivity contribution < 1.29 is 0 Å². The molecule has 1 aromatic heterocycles. The molecule has 0 aliphatic heterocycles. The van der Waals surface area contributed by atoms with Crippen LogP contribution in [0.3, 0.4) is 0 Å². The molecule has 116 valence electrons. The van der Waals surface area contributed by atoms with Crippen molar-refractivity contribution in [3.8, 4) is 0 Å². The molecule has 1 atom stereocenters. The third-order valence-electron chi connectivity index (χ3n) is 3.82. The van der Waals surface area contributed by atoms with E-state index in [1.165, 1.54) is 0 Å². The molecule has 0 amide bonds. The van der Waals surface area contributed by atoms with Gasteiger partial charge in [0, 0.05) is 41.4 Å². The van der Waals surface area contributed by atoms with Gasteiger partial charge in [0.2, 0.25) is 0 Å². The molecule has 0 saturated carbocycles. The number of fused-ring (bicyclic) bond motifs is 2. The fourth-order valence-corrected chi connectivity index (χ4v) is 2.81. The number of pyridine rings is 1. The van der Waals surface area contributed by atoms with E-state index in [0.717, 1.165) is 27.4 Å². The van der Waals surface area contributed by atoms with Gasteiger partial charge in [-0.05, 0) is 23.2 Å². The summed E-state index contributed by atoms with van der Waals surface area (Å²) in [4.78, 5) is 7.45. The molecule has 3 N–H and O–H groups in total. The molecule has 6 nitrogen and oxygen atoms in total. The Balaban J connectivity index is 1.97. The van der Waals surface area contributed by atoms with Gasteiger partial charge in [-0.15, -0.1) is 0 Å². The molecule has 0 spiro atoms. The Kier molecular flexibility index (Phi) is 4.68. The van der Waals surface area contributed by atoms with Crippen molar-refractivity contribution in [2.75, 3.05) is 19.6 Å². The Morgan fingerprint density at radius 3 is 2.30 bits per heavy atom. The van der Waals surface area contributed by atoms with Gasteiger partial charge in [-0.2, -0.15) is 0 Å². The van der Waals surface area contributed by atoms with Crippen LogP contribution in [0.25, 0.3) is 32.2 Å². The van der Waals surface area contributed by atoms with Crippen molar-refractivity contribution in [1.29, 1.82) is 0 Å². The highest BCUT2D eigenvalue weighted by Crippen LogP contribution is 2.29. The number of nitrogens with two attached hydrogens (primary N) is 1. The molecule has 0 fully saturated rings. The van der Waals surface area contributed by atoms with E-state index < -0.39 is 0 Å². The van der Waals surface area contributed by atoms with Gasteiger partial charge in [0.05, 0.1) is 11.0 Å². The number of azide groups is 1. The number of benzene rings is 2. The maximum Gasteiger partial charge on any atom is 0.0713 e. The highest BCUT2D eigenvalue weighted by molar-refractivity contribution is 5.97. The standard InChI is InChI=1S/C17H18N6/c18-14(11-20-9-10-21-23-19)17-12-5-1-3-7-15(12)22-16-8-4-2-6-13(16)17/h1-8,14,20H,9-11,18H2. The Bertz CT molecular complexity index is 815. The van der Waals surface area contributed by atoms with Crippen LogP contribution < -0.4 is 11.1 Å². The fourth-order valence-electron chi connectivity index (χ4n) is 2.81. The van der Waals surface area contributed by atoms with E-state index in [1.807, 2.05) is 36.4 Å². The minimum absolute atomic E-state index is 0.168. The second-order valence-corrected chi connectivity index (χ2v) is 5.32. The minimum atomic E-state index is -0.168. The summed E-state index contributed by atoms with van der Waals surface area (Å²) in [5.74, 6) is 0. The highest BCUT2D eigenvalue weighted by Gasteiger charge is 2.14. The Labute approximate surface area is 133 Å². The maximum atomic E-state index is 8.29. The quantitative estimate of drug-likeness (QED) is 0.240. The SMILES string of the molecule is [N-]=[N+]=NCCNCC(N)c1c2ccccc2nc2ccccc12. The third-order valence-corrected chi connectivity index (χ3v) is 3.82. The predicted octanol–water partition coefficient (Wildman–Crippen LogP) is 3.29. The lowest BCUT2D eigenvalue weighted by Gasteiger charge is -2.18. The van der Waals surface area contributed by atoms with E-state index in [1.54, 1.807) is 0 Å². The molecule has 23 heavy (non-hydrogen) atoms. The number of hydrogen-bond acceptors (Lipinski definition) is 4. The second-order valence-electron chi connectivity index (χ2n) is 5.32. The van der Waals surface area contributed by atoms with Gasteiger partial charge < -0.3 is 11.1 Å². The van der Waals surface area contributed by atoms with Crippen LogP contribution in [-0.2, 0) is 0 Å². The van der Waals surface area contributed by atoms with Gasteiger partial charge in [0.25, 0.3) is 0 Å². The zero-order valence-corrected chi connectivity index (χ0v) is 12.7. The van der Waals surface area contributed by atoms with E-state index in [2.05, 4.69) is 27.5 Å². The van der Waals surface area contributed by atoms with Crippen molar-refractivity contribution in [3.63, 3.8) is 0 Å². The summed E-state index contributed by atoms with van der Waals surface area (Å²) in [5, 5.41) is 8.90. The topological polar surface area (TPSA) is 99.7 Å². The van der Waals surface area contributed by atoms with Crippen molar-refractivity contribution in [2.45, 2.75) is 6.04 Å². The molecule has 3 aromatic rings. The smallest absolute Gasteiger partial charge is 0.0713 e. The number of hydrogen-bond donors (Lipinski definition) is 2. The predicted molar refractivity (Wildman–Crippen MR) is 93.1 cm³/mol. The van der Waals surface area contributed by atoms with Gasteiger partial charge in [-0.1, -0.05) is 41.5 Å². The summed E-state index contributed by atoms with van der Waals surface area (Å²) in [6.07, 6.45) is 0. The summed E-state index contributed by atoms with van der Waals surface area (Å²) in [6.45, 7) is 1.64. The van der Waals surface area contributed by atoms with E-state index in [-0.39, 0.29) is 6.04 Å². The highest BCUT2D eigenvalue weighted by atomic mass is 15.1. The summed E-state index contributed by atoms with van der Waals surface area (Å²) < 4.78 is 0.